The molecule has 0 aromatic carbocycles. The van der Waals surface area contributed by atoms with Gasteiger partial charge in [0.15, 0.2) is 0 Å². The van der Waals surface area contributed by atoms with Crippen LogP contribution in [-0.2, 0) is 23.8 Å². The molecule has 1 rings (SSSR count). The summed E-state index contributed by atoms with van der Waals surface area (Å²) in [6.45, 7) is 11.6. The Morgan fingerprint density at radius 2 is 1.81 bits per heavy atom. The topological polar surface area (TPSA) is 105 Å². The Hall–Kier alpha value is -1.63. The van der Waals surface area contributed by atoms with Gasteiger partial charge in [-0.25, -0.2) is 4.79 Å². The van der Waals surface area contributed by atoms with Gasteiger partial charge >= 0.3 is 18.1 Å². The number of nitrogens with two attached hydrogens (primary N) is 1. The largest absolute Gasteiger partial charge is 0.516 e. The lowest BCUT2D eigenvalue weighted by atomic mass is 9.85. The van der Waals surface area contributed by atoms with Crippen LogP contribution in [0, 0.1) is 29.6 Å². The zero-order valence-electron chi connectivity index (χ0n) is 16.7. The van der Waals surface area contributed by atoms with Gasteiger partial charge < -0.3 is 19.9 Å². The number of hydrogen-bond acceptors (Lipinski definition) is 7. The molecule has 0 spiro atoms. The van der Waals surface area contributed by atoms with Crippen molar-refractivity contribution in [2.75, 3.05) is 6.61 Å². The van der Waals surface area contributed by atoms with Crippen LogP contribution in [0.3, 0.4) is 0 Å². The summed E-state index contributed by atoms with van der Waals surface area (Å²) in [5, 5.41) is 0. The lowest BCUT2D eigenvalue weighted by Crippen LogP contribution is -2.40. The molecule has 0 aromatic rings. The summed E-state index contributed by atoms with van der Waals surface area (Å²) in [6, 6.07) is -0.491. The summed E-state index contributed by atoms with van der Waals surface area (Å²) >= 11 is 0. The number of carbonyl (C=O) groups excluding carboxylic acids is 3. The number of esters is 2. The lowest BCUT2D eigenvalue weighted by Gasteiger charge is -2.25. The normalized spacial score (nSPS) is 22.5. The number of hydrogen-bond donors (Lipinski definition) is 1. The van der Waals surface area contributed by atoms with Gasteiger partial charge in [0.25, 0.3) is 0 Å². The minimum atomic E-state index is -0.991. The van der Waals surface area contributed by atoms with Gasteiger partial charge in [0.05, 0.1) is 18.4 Å². The highest BCUT2D eigenvalue weighted by Gasteiger charge is 2.41. The van der Waals surface area contributed by atoms with E-state index in [1.165, 1.54) is 0 Å². The maximum Gasteiger partial charge on any atom is 0.516 e. The van der Waals surface area contributed by atoms with Gasteiger partial charge in [-0.05, 0) is 30.6 Å². The predicted octanol–water partition coefficient (Wildman–Crippen LogP) is 2.90. The van der Waals surface area contributed by atoms with E-state index in [0.29, 0.717) is 6.42 Å². The van der Waals surface area contributed by atoms with Crippen LogP contribution in [0.4, 0.5) is 4.79 Å². The molecule has 7 heteroatoms. The molecule has 1 unspecified atom stereocenters. The molecule has 0 aliphatic carbocycles. The summed E-state index contributed by atoms with van der Waals surface area (Å²) in [5.74, 6) is -1.38. The molecule has 7 nitrogen and oxygen atoms in total. The van der Waals surface area contributed by atoms with Crippen molar-refractivity contribution in [3.05, 3.63) is 0 Å². The van der Waals surface area contributed by atoms with Gasteiger partial charge in [0, 0.05) is 6.04 Å². The SMILES string of the molecule is CC(C)COC(=O)OC(=O)[C@@H](C[C@@H](N)C1C[C@@H](C(C)C)C(=O)O1)C(C)C. The fourth-order valence-electron chi connectivity index (χ4n) is 2.95. The highest BCUT2D eigenvalue weighted by Crippen LogP contribution is 2.31. The van der Waals surface area contributed by atoms with Crippen molar-refractivity contribution in [3.8, 4) is 0 Å². The third-order valence-corrected chi connectivity index (χ3v) is 4.69. The molecule has 2 N–H and O–H groups in total. The minimum Gasteiger partial charge on any atom is -0.460 e. The van der Waals surface area contributed by atoms with Crippen LogP contribution in [0.5, 0.6) is 0 Å². The standard InChI is InChI=1S/C19H33NO6/c1-10(2)9-24-19(23)26-18(22)13(11(3)4)7-15(20)16-8-14(12(5)6)17(21)25-16/h10-16H,7-9,20H2,1-6H3/t13-,14-,15+,16?/m0/s1. The second-order valence-electron chi connectivity index (χ2n) is 8.19. The van der Waals surface area contributed by atoms with Crippen LogP contribution in [0.25, 0.3) is 0 Å². The van der Waals surface area contributed by atoms with Crippen LogP contribution < -0.4 is 5.73 Å². The van der Waals surface area contributed by atoms with E-state index in [9.17, 15) is 14.4 Å². The first kappa shape index (κ1) is 22.4. The number of rotatable bonds is 8. The van der Waals surface area contributed by atoms with E-state index in [4.69, 9.17) is 19.9 Å². The maximum absolute atomic E-state index is 12.3. The highest BCUT2D eigenvalue weighted by molar-refractivity contribution is 5.83. The number of carbonyl (C=O) groups is 3. The molecule has 0 saturated carbocycles. The summed E-state index contributed by atoms with van der Waals surface area (Å²) in [7, 11) is 0. The van der Waals surface area contributed by atoms with Crippen LogP contribution in [0.15, 0.2) is 0 Å². The van der Waals surface area contributed by atoms with Gasteiger partial charge in [0.2, 0.25) is 0 Å². The average Bonchev–Trinajstić information content (AvgIpc) is 2.92. The zero-order chi connectivity index (χ0) is 20.0. The molecule has 1 aliphatic heterocycles. The molecule has 1 saturated heterocycles. The Morgan fingerprint density at radius 3 is 2.27 bits per heavy atom. The first-order chi connectivity index (χ1) is 12.0. The van der Waals surface area contributed by atoms with Gasteiger partial charge in [-0.1, -0.05) is 41.5 Å². The second kappa shape index (κ2) is 9.90. The molecule has 0 radical (unpaired) electrons. The fourth-order valence-corrected chi connectivity index (χ4v) is 2.95. The molecule has 0 aromatic heterocycles. The van der Waals surface area contributed by atoms with E-state index in [1.807, 2.05) is 41.5 Å². The van der Waals surface area contributed by atoms with Crippen molar-refractivity contribution in [2.24, 2.45) is 35.3 Å². The molecule has 0 bridgehead atoms. The van der Waals surface area contributed by atoms with Crippen molar-refractivity contribution in [2.45, 2.75) is 66.5 Å². The van der Waals surface area contributed by atoms with Crippen molar-refractivity contribution in [1.29, 1.82) is 0 Å². The molecule has 1 aliphatic rings. The number of ether oxygens (including phenoxy) is 3. The summed E-state index contributed by atoms with van der Waals surface area (Å²) in [4.78, 5) is 35.9. The van der Waals surface area contributed by atoms with Crippen molar-refractivity contribution >= 4 is 18.1 Å². The van der Waals surface area contributed by atoms with E-state index in [2.05, 4.69) is 0 Å². The summed E-state index contributed by atoms with van der Waals surface area (Å²) in [6.07, 6.45) is -0.586. The zero-order valence-corrected chi connectivity index (χ0v) is 16.7. The Bertz CT molecular complexity index is 502. The van der Waals surface area contributed by atoms with Crippen molar-refractivity contribution in [3.63, 3.8) is 0 Å². The first-order valence-electron chi connectivity index (χ1n) is 9.37. The van der Waals surface area contributed by atoms with Gasteiger partial charge in [-0.2, -0.15) is 0 Å². The molecule has 0 amide bonds. The Kier molecular flexibility index (Phi) is 8.53. The maximum atomic E-state index is 12.3. The van der Waals surface area contributed by atoms with E-state index < -0.39 is 30.2 Å². The molecule has 150 valence electrons. The molecular weight excluding hydrogens is 338 g/mol. The Balaban J connectivity index is 2.63. The minimum absolute atomic E-state index is 0.0792. The van der Waals surface area contributed by atoms with E-state index in [-0.39, 0.29) is 42.7 Å². The molecule has 1 heterocycles. The Labute approximate surface area is 155 Å². The van der Waals surface area contributed by atoms with E-state index in [1.54, 1.807) is 0 Å². The van der Waals surface area contributed by atoms with Gasteiger partial charge in [-0.3, -0.25) is 9.59 Å². The first-order valence-corrected chi connectivity index (χ1v) is 9.37. The number of cyclic esters (lactones) is 1. The van der Waals surface area contributed by atoms with Crippen LogP contribution >= 0.6 is 0 Å². The average molecular weight is 371 g/mol. The third-order valence-electron chi connectivity index (χ3n) is 4.69. The quantitative estimate of drug-likeness (QED) is 0.516. The molecule has 4 atom stereocenters. The van der Waals surface area contributed by atoms with Crippen LogP contribution in [0.2, 0.25) is 0 Å². The highest BCUT2D eigenvalue weighted by atomic mass is 16.7. The van der Waals surface area contributed by atoms with Crippen molar-refractivity contribution in [1.82, 2.24) is 0 Å². The molecule has 1 fully saturated rings. The molecular formula is C19H33NO6. The van der Waals surface area contributed by atoms with Crippen LogP contribution in [-0.4, -0.2) is 36.8 Å². The van der Waals surface area contributed by atoms with Crippen molar-refractivity contribution < 1.29 is 28.6 Å². The third kappa shape index (κ3) is 6.59. The lowest BCUT2D eigenvalue weighted by molar-refractivity contribution is -0.147. The second-order valence-corrected chi connectivity index (χ2v) is 8.19. The van der Waals surface area contributed by atoms with Gasteiger partial charge in [-0.15, -0.1) is 0 Å². The summed E-state index contributed by atoms with van der Waals surface area (Å²) in [5.41, 5.74) is 6.21. The van der Waals surface area contributed by atoms with Crippen LogP contribution in [0.1, 0.15) is 54.4 Å². The predicted molar refractivity (Wildman–Crippen MR) is 96.0 cm³/mol. The summed E-state index contributed by atoms with van der Waals surface area (Å²) < 4.78 is 15.1. The van der Waals surface area contributed by atoms with E-state index in [0.717, 1.165) is 0 Å². The molecule has 26 heavy (non-hydrogen) atoms. The monoisotopic (exact) mass is 371 g/mol. The van der Waals surface area contributed by atoms with Gasteiger partial charge in [0.1, 0.15) is 6.10 Å². The smallest absolute Gasteiger partial charge is 0.460 e. The fraction of sp³-hybridized carbons (Fsp3) is 0.842. The Morgan fingerprint density at radius 1 is 1.19 bits per heavy atom. The van der Waals surface area contributed by atoms with E-state index >= 15 is 0 Å².